The lowest BCUT2D eigenvalue weighted by atomic mass is 9.91. The minimum Gasteiger partial charge on any atom is -0.461 e. The van der Waals surface area contributed by atoms with Gasteiger partial charge >= 0.3 is 5.97 Å². The van der Waals surface area contributed by atoms with Gasteiger partial charge in [-0.2, -0.15) is 9.52 Å². The Morgan fingerprint density at radius 2 is 1.32 bits per heavy atom. The number of ether oxygens (including phenoxy) is 1. The van der Waals surface area contributed by atoms with E-state index in [1.165, 1.54) is 0 Å². The molecule has 0 fully saturated rings. The number of hydrazone groups is 1. The summed E-state index contributed by atoms with van der Waals surface area (Å²) in [5.74, 6) is -0.737. The van der Waals surface area contributed by atoms with Crippen molar-refractivity contribution in [1.29, 1.82) is 0 Å². The van der Waals surface area contributed by atoms with Gasteiger partial charge in [-0.15, -0.1) is 0 Å². The van der Waals surface area contributed by atoms with E-state index in [0.29, 0.717) is 16.8 Å². The van der Waals surface area contributed by atoms with Crippen LogP contribution in [0.4, 0.5) is 0 Å². The summed E-state index contributed by atoms with van der Waals surface area (Å²) in [6.07, 6.45) is -0.163. The van der Waals surface area contributed by atoms with E-state index >= 15 is 0 Å². The highest BCUT2D eigenvalue weighted by Crippen LogP contribution is 2.37. The number of rotatable bonds is 8. The van der Waals surface area contributed by atoms with Gasteiger partial charge in [0.25, 0.3) is 10.0 Å². The zero-order chi connectivity index (χ0) is 25.7. The standard InChI is InChI=1S/C30H26N2O4S/c33-29(36-21-23-12-4-1-5-13-23)20-28-26-18-10-11-19-27(26)30(25-16-8-3-9-17-25)31-32(28)37(34,35)22-24-14-6-2-7-15-24/h1-19,28H,20-22H2. The summed E-state index contributed by atoms with van der Waals surface area (Å²) in [6.45, 7) is 0.114. The molecule has 0 saturated heterocycles. The van der Waals surface area contributed by atoms with Gasteiger partial charge in [0.1, 0.15) is 6.61 Å². The predicted molar refractivity (Wildman–Crippen MR) is 143 cm³/mol. The molecule has 186 valence electrons. The van der Waals surface area contributed by atoms with Gasteiger partial charge in [0.2, 0.25) is 0 Å². The number of nitrogens with zero attached hydrogens (tertiary/aromatic N) is 2. The molecule has 4 aromatic carbocycles. The Hall–Kier alpha value is -4.23. The second kappa shape index (κ2) is 10.8. The third kappa shape index (κ3) is 5.62. The highest BCUT2D eigenvalue weighted by Gasteiger charge is 2.38. The number of carbonyl (C=O) groups excluding carboxylic acids is 1. The highest BCUT2D eigenvalue weighted by molar-refractivity contribution is 7.88. The van der Waals surface area contributed by atoms with E-state index in [9.17, 15) is 13.2 Å². The summed E-state index contributed by atoms with van der Waals surface area (Å²) in [7, 11) is -3.94. The van der Waals surface area contributed by atoms with Crippen LogP contribution in [0, 0.1) is 0 Å². The molecule has 1 aliphatic rings. The van der Waals surface area contributed by atoms with E-state index in [2.05, 4.69) is 5.10 Å². The lowest BCUT2D eigenvalue weighted by Crippen LogP contribution is -2.38. The summed E-state index contributed by atoms with van der Waals surface area (Å²) < 4.78 is 34.2. The average Bonchev–Trinajstić information content (AvgIpc) is 2.93. The monoisotopic (exact) mass is 510 g/mol. The minimum atomic E-state index is -3.94. The molecule has 0 N–H and O–H groups in total. The third-order valence-electron chi connectivity index (χ3n) is 6.17. The number of hydrogen-bond donors (Lipinski definition) is 0. The minimum absolute atomic E-state index is 0.114. The van der Waals surface area contributed by atoms with Crippen molar-refractivity contribution in [2.75, 3.05) is 0 Å². The van der Waals surface area contributed by atoms with Crippen LogP contribution < -0.4 is 0 Å². The molecule has 0 amide bonds. The predicted octanol–water partition coefficient (Wildman–Crippen LogP) is 5.46. The maximum absolute atomic E-state index is 13.8. The van der Waals surface area contributed by atoms with Crippen molar-refractivity contribution in [2.24, 2.45) is 5.10 Å². The molecule has 1 atom stereocenters. The van der Waals surface area contributed by atoms with Gasteiger partial charge in [0, 0.05) is 11.1 Å². The summed E-state index contributed by atoms with van der Waals surface area (Å²) in [6, 6.07) is 34.5. The van der Waals surface area contributed by atoms with Crippen molar-refractivity contribution in [3.63, 3.8) is 0 Å². The van der Waals surface area contributed by atoms with E-state index in [1.807, 2.05) is 91.0 Å². The highest BCUT2D eigenvalue weighted by atomic mass is 32.2. The van der Waals surface area contributed by atoms with Gasteiger partial charge in [-0.05, 0) is 16.7 Å². The smallest absolute Gasteiger partial charge is 0.308 e. The molecule has 5 rings (SSSR count). The molecule has 1 aliphatic heterocycles. The molecule has 0 bridgehead atoms. The van der Waals surface area contributed by atoms with Crippen LogP contribution in [-0.2, 0) is 31.9 Å². The Labute approximate surface area is 216 Å². The van der Waals surface area contributed by atoms with Gasteiger partial charge in [-0.25, -0.2) is 8.42 Å². The van der Waals surface area contributed by atoms with Crippen LogP contribution in [0.25, 0.3) is 0 Å². The molecule has 0 radical (unpaired) electrons. The fourth-order valence-electron chi connectivity index (χ4n) is 4.40. The summed E-state index contributed by atoms with van der Waals surface area (Å²) in [5.41, 5.74) is 4.34. The topological polar surface area (TPSA) is 76.0 Å². The SMILES string of the molecule is O=C(CC1c2ccccc2C(c2ccccc2)=NN1S(=O)(=O)Cc1ccccc1)OCc1ccccc1. The van der Waals surface area contributed by atoms with Crippen molar-refractivity contribution in [2.45, 2.75) is 24.8 Å². The second-order valence-corrected chi connectivity index (χ2v) is 10.6. The van der Waals surface area contributed by atoms with Crippen LogP contribution >= 0.6 is 0 Å². The molecule has 0 aliphatic carbocycles. The van der Waals surface area contributed by atoms with E-state index < -0.39 is 22.0 Å². The van der Waals surface area contributed by atoms with Crippen LogP contribution in [0.2, 0.25) is 0 Å². The van der Waals surface area contributed by atoms with Gasteiger partial charge in [-0.1, -0.05) is 115 Å². The molecular formula is C30H26N2O4S. The molecule has 37 heavy (non-hydrogen) atoms. The Kier molecular flexibility index (Phi) is 7.14. The van der Waals surface area contributed by atoms with Crippen LogP contribution in [-0.4, -0.2) is 24.5 Å². The van der Waals surface area contributed by atoms with Crippen LogP contribution in [0.15, 0.2) is 120 Å². The number of fused-ring (bicyclic) bond motifs is 1. The molecule has 0 aromatic heterocycles. The van der Waals surface area contributed by atoms with Gasteiger partial charge in [-0.3, -0.25) is 4.79 Å². The molecule has 6 nitrogen and oxygen atoms in total. The Morgan fingerprint density at radius 1 is 0.757 bits per heavy atom. The first-order chi connectivity index (χ1) is 18.0. The average molecular weight is 511 g/mol. The van der Waals surface area contributed by atoms with Crippen molar-refractivity contribution < 1.29 is 17.9 Å². The summed E-state index contributed by atoms with van der Waals surface area (Å²) in [5, 5.41) is 4.67. The zero-order valence-electron chi connectivity index (χ0n) is 20.1. The Morgan fingerprint density at radius 3 is 2.00 bits per heavy atom. The lowest BCUT2D eigenvalue weighted by molar-refractivity contribution is -0.146. The fraction of sp³-hybridized carbons (Fsp3) is 0.133. The third-order valence-corrected chi connectivity index (χ3v) is 7.77. The fourth-order valence-corrected chi connectivity index (χ4v) is 5.93. The van der Waals surface area contributed by atoms with Crippen molar-refractivity contribution in [3.05, 3.63) is 143 Å². The van der Waals surface area contributed by atoms with Gasteiger partial charge < -0.3 is 4.74 Å². The van der Waals surface area contributed by atoms with E-state index in [1.54, 1.807) is 24.3 Å². The van der Waals surface area contributed by atoms with Crippen LogP contribution in [0.1, 0.15) is 40.3 Å². The van der Waals surface area contributed by atoms with Crippen molar-refractivity contribution in [3.8, 4) is 0 Å². The molecule has 1 unspecified atom stereocenters. The van der Waals surface area contributed by atoms with Crippen molar-refractivity contribution in [1.82, 2.24) is 4.41 Å². The summed E-state index contributed by atoms with van der Waals surface area (Å²) >= 11 is 0. The molecule has 0 saturated carbocycles. The number of carbonyl (C=O) groups is 1. The van der Waals surface area contributed by atoms with Crippen LogP contribution in [0.5, 0.6) is 0 Å². The first kappa shape index (κ1) is 24.5. The van der Waals surface area contributed by atoms with Crippen molar-refractivity contribution >= 4 is 21.7 Å². The zero-order valence-corrected chi connectivity index (χ0v) is 20.9. The van der Waals surface area contributed by atoms with Crippen LogP contribution in [0.3, 0.4) is 0 Å². The molecule has 7 heteroatoms. The first-order valence-corrected chi connectivity index (χ1v) is 13.6. The molecule has 4 aromatic rings. The molecule has 0 spiro atoms. The Balaban J connectivity index is 1.52. The quantitative estimate of drug-likeness (QED) is 0.295. The molecule has 1 heterocycles. The number of esters is 1. The molecular weight excluding hydrogens is 484 g/mol. The second-order valence-electron chi connectivity index (χ2n) is 8.78. The number of sulfonamides is 1. The number of hydrogen-bond acceptors (Lipinski definition) is 5. The maximum Gasteiger partial charge on any atom is 0.308 e. The first-order valence-electron chi connectivity index (χ1n) is 12.0. The van der Waals surface area contributed by atoms with E-state index in [4.69, 9.17) is 4.74 Å². The van der Waals surface area contributed by atoms with E-state index in [0.717, 1.165) is 21.1 Å². The normalized spacial score (nSPS) is 15.0. The summed E-state index contributed by atoms with van der Waals surface area (Å²) in [4.78, 5) is 13.0. The number of benzene rings is 4. The van der Waals surface area contributed by atoms with Gasteiger partial charge in [0.05, 0.1) is 23.9 Å². The Bertz CT molecular complexity index is 1510. The maximum atomic E-state index is 13.8. The van der Waals surface area contributed by atoms with Gasteiger partial charge in [0.15, 0.2) is 0 Å². The van der Waals surface area contributed by atoms with E-state index in [-0.39, 0.29) is 18.8 Å². The lowest BCUT2D eigenvalue weighted by Gasteiger charge is -2.34. The largest absolute Gasteiger partial charge is 0.461 e.